The van der Waals surface area contributed by atoms with Gasteiger partial charge in [-0.2, -0.15) is 0 Å². The Kier molecular flexibility index (Phi) is 6.53. The summed E-state index contributed by atoms with van der Waals surface area (Å²) in [6.07, 6.45) is 7.25. The highest BCUT2D eigenvalue weighted by molar-refractivity contribution is 5.81. The van der Waals surface area contributed by atoms with E-state index in [0.717, 1.165) is 50.1 Å². The SMILES string of the molecule is COc1ccc(CNC(=O)C2CCN(C(=O)C3CCCCC3)CC2)cc1. The lowest BCUT2D eigenvalue weighted by molar-refractivity contribution is -0.140. The Labute approximate surface area is 156 Å². The van der Waals surface area contributed by atoms with Gasteiger partial charge in [-0.3, -0.25) is 9.59 Å². The van der Waals surface area contributed by atoms with Crippen LogP contribution < -0.4 is 10.1 Å². The van der Waals surface area contributed by atoms with Crippen LogP contribution in [-0.2, 0) is 16.1 Å². The summed E-state index contributed by atoms with van der Waals surface area (Å²) >= 11 is 0. The van der Waals surface area contributed by atoms with Crippen molar-refractivity contribution in [2.75, 3.05) is 20.2 Å². The normalized spacial score (nSPS) is 19.2. The fraction of sp³-hybridized carbons (Fsp3) is 0.619. The van der Waals surface area contributed by atoms with Gasteiger partial charge in [0.1, 0.15) is 5.75 Å². The van der Waals surface area contributed by atoms with Gasteiger partial charge in [-0.25, -0.2) is 0 Å². The van der Waals surface area contributed by atoms with Crippen LogP contribution in [0.15, 0.2) is 24.3 Å². The van der Waals surface area contributed by atoms with Gasteiger partial charge in [-0.1, -0.05) is 31.4 Å². The van der Waals surface area contributed by atoms with Gasteiger partial charge in [0.05, 0.1) is 7.11 Å². The van der Waals surface area contributed by atoms with Crippen molar-refractivity contribution in [2.45, 2.75) is 51.5 Å². The van der Waals surface area contributed by atoms with Crippen molar-refractivity contribution in [1.82, 2.24) is 10.2 Å². The number of ether oxygens (including phenoxy) is 1. The van der Waals surface area contributed by atoms with E-state index in [4.69, 9.17) is 4.74 Å². The number of amides is 2. The van der Waals surface area contributed by atoms with Gasteiger partial charge in [-0.05, 0) is 43.4 Å². The van der Waals surface area contributed by atoms with Crippen LogP contribution >= 0.6 is 0 Å². The van der Waals surface area contributed by atoms with Crippen LogP contribution in [0.2, 0.25) is 0 Å². The topological polar surface area (TPSA) is 58.6 Å². The Morgan fingerprint density at radius 3 is 2.27 bits per heavy atom. The van der Waals surface area contributed by atoms with E-state index < -0.39 is 0 Å². The maximum atomic E-state index is 12.6. The average Bonchev–Trinajstić information content (AvgIpc) is 2.72. The Balaban J connectivity index is 1.42. The molecule has 0 bridgehead atoms. The molecule has 1 heterocycles. The molecule has 1 saturated carbocycles. The third kappa shape index (κ3) is 4.77. The predicted molar refractivity (Wildman–Crippen MR) is 101 cm³/mol. The molecule has 1 N–H and O–H groups in total. The van der Waals surface area contributed by atoms with Gasteiger partial charge < -0.3 is 15.0 Å². The monoisotopic (exact) mass is 358 g/mol. The molecule has 0 atom stereocenters. The van der Waals surface area contributed by atoms with Gasteiger partial charge in [-0.15, -0.1) is 0 Å². The van der Waals surface area contributed by atoms with Crippen LogP contribution in [0.5, 0.6) is 5.75 Å². The molecule has 0 radical (unpaired) electrons. The second kappa shape index (κ2) is 9.06. The van der Waals surface area contributed by atoms with Gasteiger partial charge in [0.25, 0.3) is 0 Å². The molecule has 2 fully saturated rings. The first-order valence-electron chi connectivity index (χ1n) is 9.87. The summed E-state index contributed by atoms with van der Waals surface area (Å²) in [6.45, 7) is 1.97. The lowest BCUT2D eigenvalue weighted by atomic mass is 9.87. The number of nitrogens with zero attached hydrogens (tertiary/aromatic N) is 1. The van der Waals surface area contributed by atoms with Crippen molar-refractivity contribution in [3.8, 4) is 5.75 Å². The summed E-state index contributed by atoms with van der Waals surface area (Å²) < 4.78 is 5.14. The Hall–Kier alpha value is -2.04. The van der Waals surface area contributed by atoms with Crippen molar-refractivity contribution in [2.24, 2.45) is 11.8 Å². The highest BCUT2D eigenvalue weighted by Gasteiger charge is 2.31. The van der Waals surface area contributed by atoms with E-state index in [0.29, 0.717) is 12.5 Å². The lowest BCUT2D eigenvalue weighted by Crippen LogP contribution is -2.45. The average molecular weight is 358 g/mol. The number of carbonyl (C=O) groups excluding carboxylic acids is 2. The molecular formula is C21H30N2O3. The van der Waals surface area contributed by atoms with Crippen LogP contribution in [0.25, 0.3) is 0 Å². The summed E-state index contributed by atoms with van der Waals surface area (Å²) in [6, 6.07) is 7.73. The number of hydrogen-bond acceptors (Lipinski definition) is 3. The van der Waals surface area contributed by atoms with Crippen molar-refractivity contribution in [3.05, 3.63) is 29.8 Å². The molecule has 142 valence electrons. The molecule has 1 aromatic rings. The summed E-state index contributed by atoms with van der Waals surface area (Å²) in [7, 11) is 1.64. The second-order valence-electron chi connectivity index (χ2n) is 7.50. The highest BCUT2D eigenvalue weighted by Crippen LogP contribution is 2.27. The molecule has 1 aliphatic heterocycles. The van der Waals surface area contributed by atoms with Crippen molar-refractivity contribution in [1.29, 1.82) is 0 Å². The highest BCUT2D eigenvalue weighted by atomic mass is 16.5. The molecule has 0 unspecified atom stereocenters. The molecule has 5 heteroatoms. The summed E-state index contributed by atoms with van der Waals surface area (Å²) in [5, 5.41) is 3.03. The number of piperidine rings is 1. The second-order valence-corrected chi connectivity index (χ2v) is 7.50. The van der Waals surface area contributed by atoms with Crippen LogP contribution in [0.3, 0.4) is 0 Å². The fourth-order valence-corrected chi connectivity index (χ4v) is 4.05. The van der Waals surface area contributed by atoms with Gasteiger partial charge in [0.2, 0.25) is 11.8 Å². The number of rotatable bonds is 5. The molecule has 0 spiro atoms. The minimum absolute atomic E-state index is 0.0173. The third-order valence-electron chi connectivity index (χ3n) is 5.76. The quantitative estimate of drug-likeness (QED) is 0.880. The van der Waals surface area contributed by atoms with E-state index in [9.17, 15) is 9.59 Å². The van der Waals surface area contributed by atoms with Crippen LogP contribution in [-0.4, -0.2) is 36.9 Å². The first-order valence-corrected chi connectivity index (χ1v) is 9.87. The number of likely N-dealkylation sites (tertiary alicyclic amines) is 1. The van der Waals surface area contributed by atoms with Gasteiger partial charge in [0.15, 0.2) is 0 Å². The molecule has 0 aromatic heterocycles. The van der Waals surface area contributed by atoms with E-state index in [1.54, 1.807) is 7.11 Å². The van der Waals surface area contributed by atoms with Gasteiger partial charge in [0, 0.05) is 31.5 Å². The van der Waals surface area contributed by atoms with Crippen molar-refractivity contribution >= 4 is 11.8 Å². The fourth-order valence-electron chi connectivity index (χ4n) is 4.05. The van der Waals surface area contributed by atoms with E-state index in [1.165, 1.54) is 19.3 Å². The summed E-state index contributed by atoms with van der Waals surface area (Å²) in [4.78, 5) is 27.0. The third-order valence-corrected chi connectivity index (χ3v) is 5.76. The van der Waals surface area contributed by atoms with Crippen LogP contribution in [0, 0.1) is 11.8 Å². The molecule has 26 heavy (non-hydrogen) atoms. The maximum Gasteiger partial charge on any atom is 0.225 e. The zero-order valence-corrected chi connectivity index (χ0v) is 15.7. The summed E-state index contributed by atoms with van der Waals surface area (Å²) in [5.41, 5.74) is 1.06. The van der Waals surface area contributed by atoms with Crippen LogP contribution in [0.1, 0.15) is 50.5 Å². The number of hydrogen-bond donors (Lipinski definition) is 1. The Morgan fingerprint density at radius 2 is 1.65 bits per heavy atom. The molecule has 5 nitrogen and oxygen atoms in total. The summed E-state index contributed by atoms with van der Waals surface area (Å²) in [5.74, 6) is 1.48. The van der Waals surface area contributed by atoms with E-state index >= 15 is 0 Å². The number of carbonyl (C=O) groups is 2. The molecule has 3 rings (SSSR count). The minimum Gasteiger partial charge on any atom is -0.497 e. The molecule has 1 aromatic carbocycles. The number of benzene rings is 1. The standard InChI is InChI=1S/C21H30N2O3/c1-26-19-9-7-16(8-10-19)15-22-20(24)17-11-13-23(14-12-17)21(25)18-5-3-2-4-6-18/h7-10,17-18H,2-6,11-15H2,1H3,(H,22,24). The smallest absolute Gasteiger partial charge is 0.225 e. The first-order chi connectivity index (χ1) is 12.7. The largest absolute Gasteiger partial charge is 0.497 e. The predicted octanol–water partition coefficient (Wildman–Crippen LogP) is 3.13. The van der Waals surface area contributed by atoms with Crippen molar-refractivity contribution in [3.63, 3.8) is 0 Å². The lowest BCUT2D eigenvalue weighted by Gasteiger charge is -2.34. The van der Waals surface area contributed by atoms with Gasteiger partial charge >= 0.3 is 0 Å². The van der Waals surface area contributed by atoms with Crippen LogP contribution in [0.4, 0.5) is 0 Å². The molecule has 1 saturated heterocycles. The van der Waals surface area contributed by atoms with E-state index in [-0.39, 0.29) is 17.7 Å². The zero-order chi connectivity index (χ0) is 18.4. The molecular weight excluding hydrogens is 328 g/mol. The van der Waals surface area contributed by atoms with E-state index in [1.807, 2.05) is 29.2 Å². The molecule has 1 aliphatic carbocycles. The number of methoxy groups -OCH3 is 1. The van der Waals surface area contributed by atoms with Crippen molar-refractivity contribution < 1.29 is 14.3 Å². The Morgan fingerprint density at radius 1 is 1.00 bits per heavy atom. The van der Waals surface area contributed by atoms with E-state index in [2.05, 4.69) is 5.32 Å². The maximum absolute atomic E-state index is 12.6. The number of nitrogens with one attached hydrogen (secondary N) is 1. The minimum atomic E-state index is 0.0173. The Bertz CT molecular complexity index is 600. The first kappa shape index (κ1) is 18.7. The molecule has 2 amide bonds. The zero-order valence-electron chi connectivity index (χ0n) is 15.7. The molecule has 2 aliphatic rings.